The number of hydrogen-bond donors (Lipinski definition) is 0. The molecule has 0 unspecified atom stereocenters. The molecule has 0 fully saturated rings. The SMILES string of the molecule is COc1cc(OC(F)(F)F)c(I)c(CF)n1. The number of ether oxygens (including phenoxy) is 2. The van der Waals surface area contributed by atoms with Gasteiger partial charge in [0.2, 0.25) is 5.88 Å². The largest absolute Gasteiger partial charge is 0.573 e. The van der Waals surface area contributed by atoms with Gasteiger partial charge in [-0.1, -0.05) is 0 Å². The van der Waals surface area contributed by atoms with Crippen molar-refractivity contribution < 1.29 is 27.0 Å². The number of rotatable bonds is 3. The van der Waals surface area contributed by atoms with Crippen molar-refractivity contribution in [3.63, 3.8) is 0 Å². The lowest BCUT2D eigenvalue weighted by molar-refractivity contribution is -0.275. The Hall–Kier alpha value is -0.800. The van der Waals surface area contributed by atoms with E-state index in [0.717, 1.165) is 6.07 Å². The molecular weight excluding hydrogens is 345 g/mol. The van der Waals surface area contributed by atoms with Crippen molar-refractivity contribution >= 4 is 22.6 Å². The van der Waals surface area contributed by atoms with Crippen molar-refractivity contribution in [2.24, 2.45) is 0 Å². The topological polar surface area (TPSA) is 31.4 Å². The van der Waals surface area contributed by atoms with Crippen LogP contribution < -0.4 is 9.47 Å². The van der Waals surface area contributed by atoms with Crippen molar-refractivity contribution in [2.45, 2.75) is 13.0 Å². The predicted octanol–water partition coefficient (Wildman–Crippen LogP) is 3.06. The number of halogens is 5. The van der Waals surface area contributed by atoms with Crippen LogP contribution in [0.4, 0.5) is 17.6 Å². The standard InChI is InChI=1S/C8H6F4INO2/c1-15-6-2-5(16-8(10,11)12)7(13)4(3-9)14-6/h2H,3H2,1H3. The van der Waals surface area contributed by atoms with Crippen LogP contribution in [0.2, 0.25) is 0 Å². The molecule has 8 heteroatoms. The summed E-state index contributed by atoms with van der Waals surface area (Å²) < 4.78 is 56.8. The summed E-state index contributed by atoms with van der Waals surface area (Å²) in [6.45, 7) is -0.996. The zero-order valence-corrected chi connectivity index (χ0v) is 10.1. The summed E-state index contributed by atoms with van der Waals surface area (Å²) in [4.78, 5) is 3.65. The van der Waals surface area contributed by atoms with Gasteiger partial charge in [0.05, 0.1) is 16.4 Å². The summed E-state index contributed by atoms with van der Waals surface area (Å²) in [5.41, 5.74) is -0.154. The van der Waals surface area contributed by atoms with E-state index in [9.17, 15) is 17.6 Å². The van der Waals surface area contributed by atoms with Gasteiger partial charge in [0.1, 0.15) is 12.4 Å². The Morgan fingerprint density at radius 3 is 2.50 bits per heavy atom. The van der Waals surface area contributed by atoms with Gasteiger partial charge in [-0.2, -0.15) is 0 Å². The number of methoxy groups -OCH3 is 1. The smallest absolute Gasteiger partial charge is 0.481 e. The quantitative estimate of drug-likeness (QED) is 0.620. The first-order valence-corrected chi connectivity index (χ1v) is 5.00. The Bertz CT molecular complexity index is 383. The highest BCUT2D eigenvalue weighted by Gasteiger charge is 2.32. The number of nitrogens with zero attached hydrogens (tertiary/aromatic N) is 1. The van der Waals surface area contributed by atoms with Gasteiger partial charge in [0.15, 0.2) is 0 Å². The van der Waals surface area contributed by atoms with E-state index in [0.29, 0.717) is 0 Å². The molecule has 0 aliphatic rings. The fourth-order valence-electron chi connectivity index (χ4n) is 0.924. The second kappa shape index (κ2) is 5.02. The first-order chi connectivity index (χ1) is 7.37. The maximum atomic E-state index is 12.5. The van der Waals surface area contributed by atoms with Crippen molar-refractivity contribution in [2.75, 3.05) is 7.11 Å². The fourth-order valence-corrected chi connectivity index (χ4v) is 1.45. The van der Waals surface area contributed by atoms with Crippen LogP contribution in [0.15, 0.2) is 6.07 Å². The van der Waals surface area contributed by atoms with E-state index in [4.69, 9.17) is 0 Å². The van der Waals surface area contributed by atoms with E-state index in [1.165, 1.54) is 29.7 Å². The third-order valence-corrected chi connectivity index (χ3v) is 2.69. The third-order valence-electron chi connectivity index (χ3n) is 1.53. The monoisotopic (exact) mass is 351 g/mol. The minimum Gasteiger partial charge on any atom is -0.481 e. The summed E-state index contributed by atoms with van der Waals surface area (Å²) in [5.74, 6) is -0.653. The van der Waals surface area contributed by atoms with Gasteiger partial charge < -0.3 is 9.47 Å². The summed E-state index contributed by atoms with van der Waals surface area (Å²) in [5, 5.41) is 0. The third kappa shape index (κ3) is 3.35. The molecule has 16 heavy (non-hydrogen) atoms. The molecule has 0 aliphatic heterocycles. The van der Waals surface area contributed by atoms with Crippen LogP contribution in [-0.4, -0.2) is 18.5 Å². The molecule has 90 valence electrons. The normalized spacial score (nSPS) is 11.4. The highest BCUT2D eigenvalue weighted by molar-refractivity contribution is 14.1. The Kier molecular flexibility index (Phi) is 4.16. The van der Waals surface area contributed by atoms with Gasteiger partial charge in [-0.3, -0.25) is 0 Å². The minimum absolute atomic E-state index is 0.0294. The molecule has 0 N–H and O–H groups in total. The number of hydrogen-bond acceptors (Lipinski definition) is 3. The molecule has 1 aromatic rings. The van der Waals surface area contributed by atoms with Crippen LogP contribution in [0.3, 0.4) is 0 Å². The molecule has 1 heterocycles. The van der Waals surface area contributed by atoms with Gasteiger partial charge in [-0.15, -0.1) is 13.2 Å². The van der Waals surface area contributed by atoms with E-state index in [1.54, 1.807) is 0 Å². The van der Waals surface area contributed by atoms with E-state index < -0.39 is 18.8 Å². The van der Waals surface area contributed by atoms with Crippen LogP contribution in [0.1, 0.15) is 5.69 Å². The van der Waals surface area contributed by atoms with Crippen molar-refractivity contribution in [3.8, 4) is 11.6 Å². The Morgan fingerprint density at radius 2 is 2.06 bits per heavy atom. The maximum Gasteiger partial charge on any atom is 0.573 e. The second-order valence-corrected chi connectivity index (χ2v) is 3.68. The van der Waals surface area contributed by atoms with Crippen LogP contribution in [0.5, 0.6) is 11.6 Å². The van der Waals surface area contributed by atoms with Gasteiger partial charge in [-0.05, 0) is 22.6 Å². The molecule has 0 amide bonds. The zero-order chi connectivity index (χ0) is 12.3. The number of alkyl halides is 4. The van der Waals surface area contributed by atoms with E-state index in [1.807, 2.05) is 0 Å². The Labute approximate surface area is 102 Å². The van der Waals surface area contributed by atoms with Crippen molar-refractivity contribution in [1.82, 2.24) is 4.98 Å². The van der Waals surface area contributed by atoms with Gasteiger partial charge >= 0.3 is 6.36 Å². The van der Waals surface area contributed by atoms with Crippen LogP contribution in [0.25, 0.3) is 0 Å². The maximum absolute atomic E-state index is 12.5. The predicted molar refractivity (Wildman–Crippen MR) is 55.0 cm³/mol. The summed E-state index contributed by atoms with van der Waals surface area (Å²) in [6, 6.07) is 0.953. The highest BCUT2D eigenvalue weighted by atomic mass is 127. The van der Waals surface area contributed by atoms with Gasteiger partial charge in [0.25, 0.3) is 0 Å². The van der Waals surface area contributed by atoms with Gasteiger partial charge in [0, 0.05) is 6.07 Å². The summed E-state index contributed by atoms with van der Waals surface area (Å²) >= 11 is 1.53. The van der Waals surface area contributed by atoms with Crippen molar-refractivity contribution in [1.29, 1.82) is 0 Å². The molecule has 1 rings (SSSR count). The lowest BCUT2D eigenvalue weighted by atomic mass is 10.3. The molecule has 0 aliphatic carbocycles. The first-order valence-electron chi connectivity index (χ1n) is 3.92. The van der Waals surface area contributed by atoms with E-state index in [2.05, 4.69) is 14.5 Å². The molecule has 0 saturated heterocycles. The molecule has 3 nitrogen and oxygen atoms in total. The second-order valence-electron chi connectivity index (χ2n) is 2.60. The average Bonchev–Trinajstić information content (AvgIpc) is 2.19. The Morgan fingerprint density at radius 1 is 1.44 bits per heavy atom. The molecule has 0 aromatic carbocycles. The van der Waals surface area contributed by atoms with E-state index >= 15 is 0 Å². The van der Waals surface area contributed by atoms with E-state index in [-0.39, 0.29) is 15.1 Å². The average molecular weight is 351 g/mol. The molecule has 0 bridgehead atoms. The lowest BCUT2D eigenvalue weighted by Crippen LogP contribution is -2.18. The first kappa shape index (κ1) is 13.3. The van der Waals surface area contributed by atoms with Crippen LogP contribution >= 0.6 is 22.6 Å². The highest BCUT2D eigenvalue weighted by Crippen LogP contribution is 2.32. The summed E-state index contributed by atoms with van der Waals surface area (Å²) in [7, 11) is 1.22. The summed E-state index contributed by atoms with van der Waals surface area (Å²) in [6.07, 6.45) is -4.83. The van der Waals surface area contributed by atoms with Crippen LogP contribution in [0, 0.1) is 3.57 Å². The minimum atomic E-state index is -4.83. The molecule has 0 spiro atoms. The number of aromatic nitrogens is 1. The molecule has 1 aromatic heterocycles. The zero-order valence-electron chi connectivity index (χ0n) is 7.94. The lowest BCUT2D eigenvalue weighted by Gasteiger charge is -2.13. The fraction of sp³-hybridized carbons (Fsp3) is 0.375. The number of pyridine rings is 1. The van der Waals surface area contributed by atoms with Crippen LogP contribution in [-0.2, 0) is 6.67 Å². The molecular formula is C8H6F4INO2. The Balaban J connectivity index is 3.16. The van der Waals surface area contributed by atoms with Crippen molar-refractivity contribution in [3.05, 3.63) is 15.3 Å². The van der Waals surface area contributed by atoms with Gasteiger partial charge in [-0.25, -0.2) is 9.37 Å². The molecule has 0 radical (unpaired) electrons. The molecule has 0 saturated carbocycles. The molecule has 0 atom stereocenters.